The van der Waals surface area contributed by atoms with E-state index in [2.05, 4.69) is 26.1 Å². The van der Waals surface area contributed by atoms with Gasteiger partial charge in [-0.25, -0.2) is 0 Å². The summed E-state index contributed by atoms with van der Waals surface area (Å²) in [4.78, 5) is 0. The Kier molecular flexibility index (Phi) is 8.75. The molecule has 1 heteroatoms. The molecule has 0 aliphatic heterocycles. The lowest BCUT2D eigenvalue weighted by molar-refractivity contribution is 0.271. The molecule has 1 N–H and O–H groups in total. The Balaban J connectivity index is 2.33. The van der Waals surface area contributed by atoms with Crippen LogP contribution in [0.1, 0.15) is 85.0 Å². The Hall–Kier alpha value is -0.0400. The quantitative estimate of drug-likeness (QED) is 0.599. The summed E-state index contributed by atoms with van der Waals surface area (Å²) in [5.41, 5.74) is 0. The molecular formula is C17H35N. The minimum absolute atomic E-state index is 0.787. The molecule has 1 fully saturated rings. The van der Waals surface area contributed by atoms with Crippen molar-refractivity contribution in [2.75, 3.05) is 6.54 Å². The third kappa shape index (κ3) is 6.78. The van der Waals surface area contributed by atoms with Gasteiger partial charge < -0.3 is 5.32 Å². The van der Waals surface area contributed by atoms with Crippen molar-refractivity contribution in [2.24, 2.45) is 11.8 Å². The molecule has 0 aromatic carbocycles. The van der Waals surface area contributed by atoms with E-state index >= 15 is 0 Å². The van der Waals surface area contributed by atoms with Crippen molar-refractivity contribution in [1.29, 1.82) is 0 Å². The van der Waals surface area contributed by atoms with Crippen molar-refractivity contribution in [1.82, 2.24) is 5.32 Å². The topological polar surface area (TPSA) is 12.0 Å². The van der Waals surface area contributed by atoms with Gasteiger partial charge in [0.1, 0.15) is 0 Å². The van der Waals surface area contributed by atoms with Gasteiger partial charge >= 0.3 is 0 Å². The average molecular weight is 253 g/mol. The zero-order chi connectivity index (χ0) is 13.2. The first kappa shape index (κ1) is 16.0. The van der Waals surface area contributed by atoms with Crippen LogP contribution in [0.4, 0.5) is 0 Å². The highest BCUT2D eigenvalue weighted by atomic mass is 14.9. The van der Waals surface area contributed by atoms with Gasteiger partial charge in [0.05, 0.1) is 0 Å². The average Bonchev–Trinajstić information content (AvgIpc) is 2.37. The lowest BCUT2D eigenvalue weighted by Gasteiger charge is -2.29. The largest absolute Gasteiger partial charge is 0.314 e. The molecule has 108 valence electrons. The van der Waals surface area contributed by atoms with Gasteiger partial charge in [-0.2, -0.15) is 0 Å². The summed E-state index contributed by atoms with van der Waals surface area (Å²) in [7, 11) is 0. The summed E-state index contributed by atoms with van der Waals surface area (Å²) >= 11 is 0. The second kappa shape index (κ2) is 9.83. The van der Waals surface area contributed by atoms with Gasteiger partial charge in [0.15, 0.2) is 0 Å². The predicted octanol–water partition coefficient (Wildman–Crippen LogP) is 5.15. The first-order valence-corrected chi connectivity index (χ1v) is 8.49. The maximum atomic E-state index is 3.81. The van der Waals surface area contributed by atoms with Crippen LogP contribution < -0.4 is 5.32 Å². The van der Waals surface area contributed by atoms with Crippen molar-refractivity contribution < 1.29 is 0 Å². The summed E-state index contributed by atoms with van der Waals surface area (Å²) in [5, 5.41) is 3.81. The molecule has 2 unspecified atom stereocenters. The van der Waals surface area contributed by atoms with Crippen LogP contribution in [0.3, 0.4) is 0 Å². The molecule has 1 aliphatic rings. The van der Waals surface area contributed by atoms with E-state index in [1.807, 2.05) is 0 Å². The van der Waals surface area contributed by atoms with Crippen LogP contribution in [0.2, 0.25) is 0 Å². The van der Waals surface area contributed by atoms with Crippen molar-refractivity contribution in [3.05, 3.63) is 0 Å². The fraction of sp³-hybridized carbons (Fsp3) is 1.00. The van der Waals surface area contributed by atoms with Gasteiger partial charge in [0.2, 0.25) is 0 Å². The third-order valence-electron chi connectivity index (χ3n) is 4.49. The van der Waals surface area contributed by atoms with Gasteiger partial charge in [-0.1, -0.05) is 65.7 Å². The molecule has 0 amide bonds. The third-order valence-corrected chi connectivity index (χ3v) is 4.49. The van der Waals surface area contributed by atoms with E-state index in [0.717, 1.165) is 17.9 Å². The van der Waals surface area contributed by atoms with Crippen LogP contribution in [0.15, 0.2) is 0 Å². The lowest BCUT2D eigenvalue weighted by Crippen LogP contribution is -2.33. The predicted molar refractivity (Wildman–Crippen MR) is 82.0 cm³/mol. The number of hydrogen-bond acceptors (Lipinski definition) is 1. The number of rotatable bonds is 9. The Morgan fingerprint density at radius 1 is 1.06 bits per heavy atom. The molecule has 1 aliphatic carbocycles. The number of nitrogens with one attached hydrogen (secondary N) is 1. The van der Waals surface area contributed by atoms with E-state index in [1.54, 1.807) is 0 Å². The van der Waals surface area contributed by atoms with Crippen LogP contribution in [-0.2, 0) is 0 Å². The smallest absolute Gasteiger partial charge is 0.00722 e. The van der Waals surface area contributed by atoms with E-state index in [9.17, 15) is 0 Å². The number of hydrogen-bond donors (Lipinski definition) is 1. The molecule has 1 nitrogen and oxygen atoms in total. The standard InChI is InChI=1S/C17H35N/c1-4-9-15(3)13-17(18-12-5-2)14-16-10-7-6-8-11-16/h15-18H,4-14H2,1-3H3. The van der Waals surface area contributed by atoms with Crippen LogP contribution in [0.5, 0.6) is 0 Å². The van der Waals surface area contributed by atoms with Gasteiger partial charge in [-0.05, 0) is 37.6 Å². The molecule has 0 radical (unpaired) electrons. The van der Waals surface area contributed by atoms with Gasteiger partial charge in [0.25, 0.3) is 0 Å². The molecule has 0 saturated heterocycles. The summed E-state index contributed by atoms with van der Waals surface area (Å²) in [6.45, 7) is 8.23. The Morgan fingerprint density at radius 2 is 1.78 bits per heavy atom. The molecule has 0 heterocycles. The zero-order valence-electron chi connectivity index (χ0n) is 13.0. The van der Waals surface area contributed by atoms with E-state index < -0.39 is 0 Å². The Bertz CT molecular complexity index is 184. The fourth-order valence-electron chi connectivity index (χ4n) is 3.53. The molecule has 0 aromatic heterocycles. The van der Waals surface area contributed by atoms with Gasteiger partial charge in [0, 0.05) is 6.04 Å². The molecule has 2 atom stereocenters. The fourth-order valence-corrected chi connectivity index (χ4v) is 3.53. The lowest BCUT2D eigenvalue weighted by atomic mass is 9.82. The van der Waals surface area contributed by atoms with Crippen molar-refractivity contribution in [2.45, 2.75) is 91.0 Å². The summed E-state index contributed by atoms with van der Waals surface area (Å²) in [6, 6.07) is 0.787. The van der Waals surface area contributed by atoms with Crippen LogP contribution in [0, 0.1) is 11.8 Å². The van der Waals surface area contributed by atoms with Crippen molar-refractivity contribution >= 4 is 0 Å². The van der Waals surface area contributed by atoms with Crippen molar-refractivity contribution in [3.63, 3.8) is 0 Å². The van der Waals surface area contributed by atoms with E-state index in [1.165, 1.54) is 70.8 Å². The van der Waals surface area contributed by atoms with E-state index in [0.29, 0.717) is 0 Å². The Morgan fingerprint density at radius 3 is 2.39 bits per heavy atom. The summed E-state index contributed by atoms with van der Waals surface area (Å²) < 4.78 is 0. The second-order valence-corrected chi connectivity index (χ2v) is 6.52. The first-order valence-electron chi connectivity index (χ1n) is 8.49. The van der Waals surface area contributed by atoms with Crippen LogP contribution in [0.25, 0.3) is 0 Å². The molecule has 0 spiro atoms. The maximum absolute atomic E-state index is 3.81. The minimum atomic E-state index is 0.787. The van der Waals surface area contributed by atoms with Gasteiger partial charge in [-0.15, -0.1) is 0 Å². The first-order chi connectivity index (χ1) is 8.76. The van der Waals surface area contributed by atoms with E-state index in [4.69, 9.17) is 0 Å². The summed E-state index contributed by atoms with van der Waals surface area (Å²) in [5.74, 6) is 1.91. The highest BCUT2D eigenvalue weighted by Crippen LogP contribution is 2.29. The molecule has 0 aromatic rings. The maximum Gasteiger partial charge on any atom is 0.00722 e. The van der Waals surface area contributed by atoms with Gasteiger partial charge in [-0.3, -0.25) is 0 Å². The Labute approximate surface area is 115 Å². The molecular weight excluding hydrogens is 218 g/mol. The molecule has 1 saturated carbocycles. The molecule has 0 bridgehead atoms. The zero-order valence-corrected chi connectivity index (χ0v) is 13.0. The normalized spacial score (nSPS) is 20.8. The minimum Gasteiger partial charge on any atom is -0.314 e. The highest BCUT2D eigenvalue weighted by molar-refractivity contribution is 4.76. The molecule has 18 heavy (non-hydrogen) atoms. The molecule has 1 rings (SSSR count). The van der Waals surface area contributed by atoms with E-state index in [-0.39, 0.29) is 0 Å². The monoisotopic (exact) mass is 253 g/mol. The summed E-state index contributed by atoms with van der Waals surface area (Å²) in [6.07, 6.45) is 14.3. The van der Waals surface area contributed by atoms with Crippen LogP contribution in [-0.4, -0.2) is 12.6 Å². The van der Waals surface area contributed by atoms with Crippen molar-refractivity contribution in [3.8, 4) is 0 Å². The second-order valence-electron chi connectivity index (χ2n) is 6.52. The van der Waals surface area contributed by atoms with Crippen LogP contribution >= 0.6 is 0 Å². The highest BCUT2D eigenvalue weighted by Gasteiger charge is 2.20. The SMILES string of the molecule is CCCNC(CC(C)CCC)CC1CCCCC1.